The van der Waals surface area contributed by atoms with Gasteiger partial charge in [0.1, 0.15) is 18.8 Å². The molecule has 5 atom stereocenters. The standard InChI is InChI=1S/C16H26N2O9/c1-8(19)18-13-15(26-11(4)22)14(25-10(3)21)12(7-24-9(2)20)27-16(13)23-6-5-17/h12-16H,5-7,17H2,1-4H3,(H,18,19)/t12-,13-,14-,15-,16?/m1/s1. The van der Waals surface area contributed by atoms with Crippen LogP contribution in [0.3, 0.4) is 0 Å². The third-order valence-electron chi connectivity index (χ3n) is 3.47. The highest BCUT2D eigenvalue weighted by Crippen LogP contribution is 2.27. The van der Waals surface area contributed by atoms with Gasteiger partial charge in [-0.25, -0.2) is 0 Å². The molecule has 3 N–H and O–H groups in total. The number of hydrogen-bond donors (Lipinski definition) is 2. The molecule has 0 bridgehead atoms. The van der Waals surface area contributed by atoms with Crippen molar-refractivity contribution in [2.45, 2.75) is 58.3 Å². The van der Waals surface area contributed by atoms with Crippen LogP contribution in [0.25, 0.3) is 0 Å². The third-order valence-corrected chi connectivity index (χ3v) is 3.47. The van der Waals surface area contributed by atoms with Crippen LogP contribution in [0.5, 0.6) is 0 Å². The SMILES string of the molecule is CC(=O)N[C@H]1C(OCCN)O[C@H](COC(C)=O)[C@@H](OC(C)=O)[C@@H]1OC(C)=O. The summed E-state index contributed by atoms with van der Waals surface area (Å²) in [6, 6.07) is -0.976. The summed E-state index contributed by atoms with van der Waals surface area (Å²) in [4.78, 5) is 45.9. The highest BCUT2D eigenvalue weighted by Gasteiger charge is 2.51. The van der Waals surface area contributed by atoms with E-state index in [2.05, 4.69) is 5.32 Å². The number of carbonyl (C=O) groups excluding carboxylic acids is 4. The zero-order valence-electron chi connectivity index (χ0n) is 15.8. The van der Waals surface area contributed by atoms with Crippen LogP contribution in [-0.2, 0) is 42.9 Å². The summed E-state index contributed by atoms with van der Waals surface area (Å²) in [5.41, 5.74) is 5.44. The normalized spacial score (nSPS) is 27.4. The first-order chi connectivity index (χ1) is 12.6. The lowest BCUT2D eigenvalue weighted by atomic mass is 9.96. The Morgan fingerprint density at radius 2 is 1.56 bits per heavy atom. The molecule has 27 heavy (non-hydrogen) atoms. The Bertz CT molecular complexity index is 554. The molecule has 1 rings (SSSR count). The van der Waals surface area contributed by atoms with Crippen molar-refractivity contribution in [3.63, 3.8) is 0 Å². The van der Waals surface area contributed by atoms with Gasteiger partial charge in [0.05, 0.1) is 6.61 Å². The topological polar surface area (TPSA) is 152 Å². The van der Waals surface area contributed by atoms with E-state index in [0.29, 0.717) is 0 Å². The minimum absolute atomic E-state index is 0.0893. The van der Waals surface area contributed by atoms with Gasteiger partial charge in [-0.2, -0.15) is 0 Å². The molecule has 154 valence electrons. The van der Waals surface area contributed by atoms with Crippen molar-refractivity contribution in [3.05, 3.63) is 0 Å². The Balaban J connectivity index is 3.22. The van der Waals surface area contributed by atoms with E-state index in [0.717, 1.165) is 6.92 Å². The summed E-state index contributed by atoms with van der Waals surface area (Å²) in [5.74, 6) is -2.36. The van der Waals surface area contributed by atoms with Gasteiger partial charge in [-0.05, 0) is 0 Å². The van der Waals surface area contributed by atoms with Gasteiger partial charge < -0.3 is 34.7 Å². The van der Waals surface area contributed by atoms with E-state index in [4.69, 9.17) is 29.4 Å². The predicted octanol–water partition coefficient (Wildman–Crippen LogP) is -1.38. The van der Waals surface area contributed by atoms with Crippen LogP contribution in [0.15, 0.2) is 0 Å². The summed E-state index contributed by atoms with van der Waals surface area (Å²) in [6.45, 7) is 4.78. The second-order valence-corrected chi connectivity index (χ2v) is 5.88. The van der Waals surface area contributed by atoms with E-state index < -0.39 is 54.5 Å². The Kier molecular flexibility index (Phi) is 9.12. The molecule has 0 spiro atoms. The third kappa shape index (κ3) is 7.49. The maximum absolute atomic E-state index is 11.6. The first-order valence-electron chi connectivity index (χ1n) is 8.37. The van der Waals surface area contributed by atoms with Gasteiger partial charge in [-0.15, -0.1) is 0 Å². The molecule has 11 nitrogen and oxygen atoms in total. The highest BCUT2D eigenvalue weighted by atomic mass is 16.7. The van der Waals surface area contributed by atoms with Crippen molar-refractivity contribution >= 4 is 23.8 Å². The number of amides is 1. The first-order valence-corrected chi connectivity index (χ1v) is 8.37. The van der Waals surface area contributed by atoms with Gasteiger partial charge in [0.25, 0.3) is 0 Å². The molecule has 0 aromatic rings. The van der Waals surface area contributed by atoms with Crippen LogP contribution < -0.4 is 11.1 Å². The lowest BCUT2D eigenvalue weighted by molar-refractivity contribution is -0.277. The number of hydrogen-bond acceptors (Lipinski definition) is 10. The van der Waals surface area contributed by atoms with E-state index in [-0.39, 0.29) is 19.8 Å². The van der Waals surface area contributed by atoms with E-state index >= 15 is 0 Å². The monoisotopic (exact) mass is 390 g/mol. The lowest BCUT2D eigenvalue weighted by Gasteiger charge is -2.44. The fourth-order valence-electron chi connectivity index (χ4n) is 2.62. The summed E-state index contributed by atoms with van der Waals surface area (Å²) in [7, 11) is 0. The minimum Gasteiger partial charge on any atom is -0.463 e. The van der Waals surface area contributed by atoms with Crippen LogP contribution in [-0.4, -0.2) is 74.2 Å². The number of esters is 3. The van der Waals surface area contributed by atoms with E-state index in [9.17, 15) is 19.2 Å². The Morgan fingerprint density at radius 1 is 0.963 bits per heavy atom. The largest absolute Gasteiger partial charge is 0.463 e. The van der Waals surface area contributed by atoms with Crippen LogP contribution >= 0.6 is 0 Å². The smallest absolute Gasteiger partial charge is 0.303 e. The van der Waals surface area contributed by atoms with Gasteiger partial charge in [-0.3, -0.25) is 19.2 Å². The number of nitrogens with one attached hydrogen (secondary N) is 1. The van der Waals surface area contributed by atoms with Gasteiger partial charge >= 0.3 is 17.9 Å². The molecule has 1 unspecified atom stereocenters. The van der Waals surface area contributed by atoms with Gasteiger partial charge in [0, 0.05) is 34.2 Å². The predicted molar refractivity (Wildman–Crippen MR) is 89.0 cm³/mol. The summed E-state index contributed by atoms with van der Waals surface area (Å²) in [6.07, 6.45) is -4.34. The summed E-state index contributed by atoms with van der Waals surface area (Å²) < 4.78 is 26.8. The number of carbonyl (C=O) groups is 4. The van der Waals surface area contributed by atoms with Gasteiger partial charge in [0.2, 0.25) is 5.91 Å². The average molecular weight is 390 g/mol. The van der Waals surface area contributed by atoms with Crippen molar-refractivity contribution in [2.75, 3.05) is 19.8 Å². The van der Waals surface area contributed by atoms with E-state index in [1.165, 1.54) is 20.8 Å². The van der Waals surface area contributed by atoms with Crippen molar-refractivity contribution in [2.24, 2.45) is 5.73 Å². The van der Waals surface area contributed by atoms with E-state index in [1.807, 2.05) is 0 Å². The minimum atomic E-state index is -1.14. The summed E-state index contributed by atoms with van der Waals surface area (Å²) in [5, 5.41) is 2.58. The zero-order valence-corrected chi connectivity index (χ0v) is 15.8. The molecule has 1 heterocycles. The Hall–Kier alpha value is -2.24. The molecule has 1 aliphatic rings. The molecule has 0 radical (unpaired) electrons. The molecule has 1 saturated heterocycles. The number of nitrogens with two attached hydrogens (primary N) is 1. The molecule has 1 amide bonds. The molecule has 0 aliphatic carbocycles. The second-order valence-electron chi connectivity index (χ2n) is 5.88. The lowest BCUT2D eigenvalue weighted by Crippen LogP contribution is -2.66. The average Bonchev–Trinajstić information content (AvgIpc) is 2.54. The van der Waals surface area contributed by atoms with Crippen LogP contribution in [0.4, 0.5) is 0 Å². The number of rotatable bonds is 8. The second kappa shape index (κ2) is 10.8. The van der Waals surface area contributed by atoms with Crippen LogP contribution in [0.2, 0.25) is 0 Å². The van der Waals surface area contributed by atoms with Crippen LogP contribution in [0, 0.1) is 0 Å². The van der Waals surface area contributed by atoms with Crippen LogP contribution in [0.1, 0.15) is 27.7 Å². The maximum atomic E-state index is 11.6. The maximum Gasteiger partial charge on any atom is 0.303 e. The first kappa shape index (κ1) is 22.8. The van der Waals surface area contributed by atoms with Crippen molar-refractivity contribution in [3.8, 4) is 0 Å². The van der Waals surface area contributed by atoms with Crippen molar-refractivity contribution in [1.29, 1.82) is 0 Å². The molecule has 0 aromatic heterocycles. The van der Waals surface area contributed by atoms with Crippen molar-refractivity contribution in [1.82, 2.24) is 5.32 Å². The molecule has 0 aromatic carbocycles. The Labute approximate surface area is 156 Å². The highest BCUT2D eigenvalue weighted by molar-refractivity contribution is 5.73. The van der Waals surface area contributed by atoms with Crippen molar-refractivity contribution < 1.29 is 42.9 Å². The molecule has 0 saturated carbocycles. The number of ether oxygens (including phenoxy) is 5. The van der Waals surface area contributed by atoms with Gasteiger partial charge in [0.15, 0.2) is 18.5 Å². The fourth-order valence-corrected chi connectivity index (χ4v) is 2.62. The fraction of sp³-hybridized carbons (Fsp3) is 0.750. The molecule has 11 heteroatoms. The molecule has 1 fully saturated rings. The Morgan fingerprint density at radius 3 is 2.04 bits per heavy atom. The van der Waals surface area contributed by atoms with Gasteiger partial charge in [-0.1, -0.05) is 0 Å². The zero-order chi connectivity index (χ0) is 20.6. The summed E-state index contributed by atoms with van der Waals surface area (Å²) >= 11 is 0. The molecular weight excluding hydrogens is 364 g/mol. The quantitative estimate of drug-likeness (QED) is 0.374. The van der Waals surface area contributed by atoms with E-state index in [1.54, 1.807) is 0 Å². The molecule has 1 aliphatic heterocycles. The molecular formula is C16H26N2O9.